The number of benzene rings is 3. The summed E-state index contributed by atoms with van der Waals surface area (Å²) in [5.74, 6) is 0.555. The molecule has 7 nitrogen and oxygen atoms in total. The molecule has 0 aliphatic rings. The smallest absolute Gasteiger partial charge is 0.305 e. The van der Waals surface area contributed by atoms with Crippen LogP contribution in [0.25, 0.3) is 44.8 Å². The molecule has 0 unspecified atom stereocenters. The van der Waals surface area contributed by atoms with Gasteiger partial charge < -0.3 is 9.97 Å². The van der Waals surface area contributed by atoms with E-state index < -0.39 is 0 Å². The Morgan fingerprint density at radius 1 is 0.610 bits per heavy atom. The van der Waals surface area contributed by atoms with Gasteiger partial charge in [-0.1, -0.05) is 48.5 Å². The number of hydrogen-bond donors (Lipinski definition) is 0. The summed E-state index contributed by atoms with van der Waals surface area (Å²) in [6.07, 6.45) is 5.33. The van der Waals surface area contributed by atoms with Crippen LogP contribution in [0.3, 0.4) is 0 Å². The van der Waals surface area contributed by atoms with E-state index in [0.29, 0.717) is 5.82 Å². The molecule has 0 aliphatic heterocycles. The Hall–Kier alpha value is -4.91. The second kappa shape index (κ2) is 15.0. The maximum Gasteiger partial charge on any atom is 3.00 e. The van der Waals surface area contributed by atoms with E-state index in [0.717, 1.165) is 39.0 Å². The predicted molar refractivity (Wildman–Crippen MR) is 154 cm³/mol. The van der Waals surface area contributed by atoms with Crippen molar-refractivity contribution in [2.45, 2.75) is 0 Å². The standard InChI is InChI=1S/C11H9N5.2C11H8N.Ir/c1-16-14-11(13-15-16)10-9-5-3-2-4-8(9)6-7-12-10;2*1-2-6-10(7-3-1)11-8-4-5-9-12-11;/h2-7H,1H3;2*1-6,8-9H;/q;2*-1;+3. The van der Waals surface area contributed by atoms with E-state index >= 15 is 0 Å². The van der Waals surface area contributed by atoms with E-state index in [-0.39, 0.29) is 20.1 Å². The average Bonchev–Trinajstić information content (AvgIpc) is 3.49. The Kier molecular flexibility index (Phi) is 10.7. The normalized spacial score (nSPS) is 9.88. The molecule has 200 valence electrons. The number of aromatic nitrogens is 7. The molecule has 0 atom stereocenters. The minimum Gasteiger partial charge on any atom is -0.305 e. The first-order valence-electron chi connectivity index (χ1n) is 12.6. The fourth-order valence-corrected chi connectivity index (χ4v) is 3.83. The van der Waals surface area contributed by atoms with E-state index in [4.69, 9.17) is 0 Å². The molecule has 0 bridgehead atoms. The summed E-state index contributed by atoms with van der Waals surface area (Å²) < 4.78 is 0. The van der Waals surface area contributed by atoms with Crippen molar-refractivity contribution in [3.05, 3.63) is 146 Å². The average molecular weight is 712 g/mol. The Morgan fingerprint density at radius 2 is 1.20 bits per heavy atom. The molecule has 8 heteroatoms. The molecule has 0 saturated carbocycles. The maximum absolute atomic E-state index is 4.31. The Morgan fingerprint density at radius 3 is 1.71 bits per heavy atom. The summed E-state index contributed by atoms with van der Waals surface area (Å²) >= 11 is 0. The Labute approximate surface area is 252 Å². The van der Waals surface area contributed by atoms with Gasteiger partial charge in [0, 0.05) is 24.0 Å². The fourth-order valence-electron chi connectivity index (χ4n) is 3.83. The summed E-state index contributed by atoms with van der Waals surface area (Å²) in [7, 11) is 1.74. The first-order valence-corrected chi connectivity index (χ1v) is 12.6. The van der Waals surface area contributed by atoms with Crippen LogP contribution in [0.2, 0.25) is 0 Å². The molecule has 4 heterocycles. The molecule has 0 fully saturated rings. The molecule has 7 rings (SSSR count). The van der Waals surface area contributed by atoms with Crippen LogP contribution in [-0.4, -0.2) is 25.3 Å². The molecule has 0 saturated heterocycles. The number of tetrazole rings is 1. The third-order valence-corrected chi connectivity index (χ3v) is 5.69. The summed E-state index contributed by atoms with van der Waals surface area (Å²) in [5.41, 5.74) is 4.79. The van der Waals surface area contributed by atoms with Crippen LogP contribution >= 0.6 is 0 Å². The SMILES string of the molecule is C[n+]1n[n-]c(-c2nccc3ccccc23)n1.[Ir+3].[c-]1ccccc1-c1ccccn1.[c-]1ccccc1-c1ccccn1. The van der Waals surface area contributed by atoms with Crippen LogP contribution < -0.4 is 9.90 Å². The van der Waals surface area contributed by atoms with Crippen molar-refractivity contribution in [3.8, 4) is 34.0 Å². The number of nitrogens with zero attached hydrogens (tertiary/aromatic N) is 7. The van der Waals surface area contributed by atoms with Crippen molar-refractivity contribution in [1.29, 1.82) is 0 Å². The molecule has 4 aromatic heterocycles. The zero-order valence-electron chi connectivity index (χ0n) is 22.2. The summed E-state index contributed by atoms with van der Waals surface area (Å²) in [6.45, 7) is 0. The van der Waals surface area contributed by atoms with Crippen LogP contribution in [0.4, 0.5) is 0 Å². The molecule has 7 aromatic rings. The quantitative estimate of drug-likeness (QED) is 0.176. The van der Waals surface area contributed by atoms with Crippen LogP contribution in [0.5, 0.6) is 0 Å². The summed E-state index contributed by atoms with van der Waals surface area (Å²) in [5, 5.41) is 14.1. The van der Waals surface area contributed by atoms with E-state index in [2.05, 4.69) is 42.5 Å². The fraction of sp³-hybridized carbons (Fsp3) is 0.0303. The van der Waals surface area contributed by atoms with Gasteiger partial charge in [-0.25, -0.2) is 0 Å². The van der Waals surface area contributed by atoms with Crippen molar-refractivity contribution >= 4 is 10.8 Å². The van der Waals surface area contributed by atoms with Crippen LogP contribution in [-0.2, 0) is 27.2 Å². The van der Waals surface area contributed by atoms with Crippen molar-refractivity contribution in [2.24, 2.45) is 7.05 Å². The molecule has 0 radical (unpaired) electrons. The predicted octanol–water partition coefficient (Wildman–Crippen LogP) is 5.57. The summed E-state index contributed by atoms with van der Waals surface area (Å²) in [6, 6.07) is 43.6. The van der Waals surface area contributed by atoms with Gasteiger partial charge in [-0.15, -0.1) is 82.0 Å². The van der Waals surface area contributed by atoms with Crippen LogP contribution in [0.15, 0.2) is 134 Å². The van der Waals surface area contributed by atoms with Gasteiger partial charge in [0.1, 0.15) is 5.69 Å². The molecule has 0 spiro atoms. The van der Waals surface area contributed by atoms with E-state index in [1.807, 2.05) is 115 Å². The number of fused-ring (bicyclic) bond motifs is 1. The molecule has 0 N–H and O–H groups in total. The van der Waals surface area contributed by atoms with Gasteiger partial charge in [0.2, 0.25) is 5.82 Å². The van der Waals surface area contributed by atoms with Crippen LogP contribution in [0.1, 0.15) is 0 Å². The van der Waals surface area contributed by atoms with Crippen molar-refractivity contribution in [2.75, 3.05) is 0 Å². The number of pyridine rings is 3. The number of hydrogen-bond acceptors (Lipinski definition) is 5. The minimum absolute atomic E-state index is 0. The van der Waals surface area contributed by atoms with Gasteiger partial charge >= 0.3 is 20.1 Å². The van der Waals surface area contributed by atoms with Gasteiger partial charge in [0.15, 0.2) is 0 Å². The number of aryl methyl sites for hydroxylation is 1. The second-order valence-corrected chi connectivity index (χ2v) is 8.47. The van der Waals surface area contributed by atoms with Gasteiger partial charge in [-0.05, 0) is 40.2 Å². The Balaban J connectivity index is 0.000000142. The third-order valence-electron chi connectivity index (χ3n) is 5.69. The van der Waals surface area contributed by atoms with E-state index in [1.165, 1.54) is 4.80 Å². The van der Waals surface area contributed by atoms with Gasteiger partial charge in [-0.2, -0.15) is 4.80 Å². The molecule has 0 amide bonds. The zero-order chi connectivity index (χ0) is 27.4. The first kappa shape index (κ1) is 29.1. The minimum atomic E-state index is 0. The van der Waals surface area contributed by atoms with Gasteiger partial charge in [0.25, 0.3) is 0 Å². The molecule has 41 heavy (non-hydrogen) atoms. The summed E-state index contributed by atoms with van der Waals surface area (Å²) in [4.78, 5) is 14.2. The molecular formula is C33H25IrN7+. The first-order chi connectivity index (χ1) is 19.8. The second-order valence-electron chi connectivity index (χ2n) is 8.47. The maximum atomic E-state index is 4.31. The van der Waals surface area contributed by atoms with Crippen molar-refractivity contribution < 1.29 is 24.9 Å². The van der Waals surface area contributed by atoms with Gasteiger partial charge in [0.05, 0.1) is 7.05 Å². The topological polar surface area (TPSA) is 82.4 Å². The zero-order valence-corrected chi connectivity index (χ0v) is 24.6. The number of rotatable bonds is 3. The van der Waals surface area contributed by atoms with Gasteiger partial charge in [-0.3, -0.25) is 4.98 Å². The van der Waals surface area contributed by atoms with Crippen molar-refractivity contribution in [3.63, 3.8) is 0 Å². The largest absolute Gasteiger partial charge is 3.00 e. The third kappa shape index (κ3) is 8.05. The van der Waals surface area contributed by atoms with E-state index in [9.17, 15) is 0 Å². The monoisotopic (exact) mass is 712 g/mol. The van der Waals surface area contributed by atoms with Crippen LogP contribution in [0, 0.1) is 12.1 Å². The van der Waals surface area contributed by atoms with Crippen molar-refractivity contribution in [1.82, 2.24) is 30.4 Å². The van der Waals surface area contributed by atoms with E-state index in [1.54, 1.807) is 25.6 Å². The molecular weight excluding hydrogens is 687 g/mol. The molecule has 0 aliphatic carbocycles. The molecule has 3 aromatic carbocycles. The Bertz CT molecular complexity index is 1590.